The Balaban J connectivity index is 1.67. The van der Waals surface area contributed by atoms with E-state index in [1.54, 1.807) is 18.2 Å². The summed E-state index contributed by atoms with van der Waals surface area (Å²) < 4.78 is 11.3. The smallest absolute Gasteiger partial charge is 0.275 e. The molecule has 3 aromatic carbocycles. The Kier molecular flexibility index (Phi) is 7.37. The highest BCUT2D eigenvalue weighted by atomic mass is 16.5. The van der Waals surface area contributed by atoms with Crippen LogP contribution in [0, 0.1) is 0 Å². The Labute approximate surface area is 180 Å². The molecule has 0 fully saturated rings. The molecule has 31 heavy (non-hydrogen) atoms. The fourth-order valence-electron chi connectivity index (χ4n) is 2.77. The molecule has 3 aromatic rings. The molecule has 158 valence electrons. The molecule has 0 aliphatic heterocycles. The molecule has 0 aliphatic carbocycles. The van der Waals surface area contributed by atoms with E-state index in [1.807, 2.05) is 61.5 Å². The molecule has 0 radical (unpaired) electrons. The maximum atomic E-state index is 12.6. The van der Waals surface area contributed by atoms with Crippen molar-refractivity contribution in [3.05, 3.63) is 83.9 Å². The topological polar surface area (TPSA) is 89.0 Å². The molecule has 0 aromatic heterocycles. The van der Waals surface area contributed by atoms with Gasteiger partial charge in [0.25, 0.3) is 5.91 Å². The van der Waals surface area contributed by atoms with Gasteiger partial charge in [-0.25, -0.2) is 5.43 Å². The number of hydrazone groups is 1. The third-order valence-corrected chi connectivity index (χ3v) is 4.06. The van der Waals surface area contributed by atoms with Gasteiger partial charge in [-0.05, 0) is 48.9 Å². The summed E-state index contributed by atoms with van der Waals surface area (Å²) in [6, 6.07) is 21.6. The highest BCUT2D eigenvalue weighted by molar-refractivity contribution is 5.98. The maximum absolute atomic E-state index is 12.6. The second-order valence-electron chi connectivity index (χ2n) is 6.51. The first-order valence-electron chi connectivity index (χ1n) is 9.76. The first kappa shape index (κ1) is 21.6. The van der Waals surface area contributed by atoms with Crippen molar-refractivity contribution in [2.24, 2.45) is 5.10 Å². The Morgan fingerprint density at radius 2 is 1.74 bits per heavy atom. The lowest BCUT2D eigenvalue weighted by Crippen LogP contribution is -2.19. The van der Waals surface area contributed by atoms with Gasteiger partial charge in [0, 0.05) is 18.7 Å². The molecule has 3 rings (SSSR count). The van der Waals surface area contributed by atoms with Gasteiger partial charge in [0.05, 0.1) is 18.4 Å². The van der Waals surface area contributed by atoms with Crippen LogP contribution in [-0.4, -0.2) is 24.6 Å². The standard InChI is InChI=1S/C24H23N3O4/c1-3-30-23-15-19(26-17(2)28)12-13-22(23)24(29)27-25-16-18-8-7-11-21(14-18)31-20-9-5-4-6-10-20/h4-16H,3H2,1-2H3,(H,26,28)(H,27,29). The first-order chi connectivity index (χ1) is 15.0. The molecule has 0 saturated carbocycles. The number of amides is 2. The van der Waals surface area contributed by atoms with Crippen LogP contribution in [-0.2, 0) is 4.79 Å². The Morgan fingerprint density at radius 3 is 2.48 bits per heavy atom. The van der Waals surface area contributed by atoms with Gasteiger partial charge in [-0.15, -0.1) is 0 Å². The van der Waals surface area contributed by atoms with Crippen LogP contribution in [0.4, 0.5) is 5.69 Å². The van der Waals surface area contributed by atoms with Gasteiger partial charge in [0.15, 0.2) is 0 Å². The normalized spacial score (nSPS) is 10.5. The van der Waals surface area contributed by atoms with Crippen molar-refractivity contribution in [1.82, 2.24) is 5.43 Å². The molecule has 0 aliphatic rings. The minimum absolute atomic E-state index is 0.206. The molecule has 0 unspecified atom stereocenters. The number of nitrogens with one attached hydrogen (secondary N) is 2. The lowest BCUT2D eigenvalue weighted by atomic mass is 10.1. The van der Waals surface area contributed by atoms with E-state index in [9.17, 15) is 9.59 Å². The van der Waals surface area contributed by atoms with Crippen molar-refractivity contribution in [2.45, 2.75) is 13.8 Å². The average molecular weight is 417 g/mol. The molecule has 0 saturated heterocycles. The number of ether oxygens (including phenoxy) is 2. The fourth-order valence-corrected chi connectivity index (χ4v) is 2.77. The van der Waals surface area contributed by atoms with Crippen LogP contribution in [0.3, 0.4) is 0 Å². The van der Waals surface area contributed by atoms with Crippen molar-refractivity contribution < 1.29 is 19.1 Å². The summed E-state index contributed by atoms with van der Waals surface area (Å²) in [4.78, 5) is 23.8. The summed E-state index contributed by atoms with van der Waals surface area (Å²) in [5.41, 5.74) is 4.12. The summed E-state index contributed by atoms with van der Waals surface area (Å²) >= 11 is 0. The van der Waals surface area contributed by atoms with Gasteiger partial charge >= 0.3 is 0 Å². The second-order valence-corrected chi connectivity index (χ2v) is 6.51. The van der Waals surface area contributed by atoms with E-state index in [2.05, 4.69) is 15.8 Å². The summed E-state index contributed by atoms with van der Waals surface area (Å²) in [6.45, 7) is 3.60. The van der Waals surface area contributed by atoms with E-state index < -0.39 is 5.91 Å². The molecular weight excluding hydrogens is 394 g/mol. The largest absolute Gasteiger partial charge is 0.493 e. The first-order valence-corrected chi connectivity index (χ1v) is 9.76. The predicted molar refractivity (Wildman–Crippen MR) is 120 cm³/mol. The highest BCUT2D eigenvalue weighted by Crippen LogP contribution is 2.24. The van der Waals surface area contributed by atoms with Crippen molar-refractivity contribution in [3.63, 3.8) is 0 Å². The molecule has 0 atom stereocenters. The van der Waals surface area contributed by atoms with Gasteiger partial charge in [-0.3, -0.25) is 9.59 Å². The SMILES string of the molecule is CCOc1cc(NC(C)=O)ccc1C(=O)NN=Cc1cccc(Oc2ccccc2)c1. The van der Waals surface area contributed by atoms with E-state index in [4.69, 9.17) is 9.47 Å². The van der Waals surface area contributed by atoms with Crippen LogP contribution < -0.4 is 20.2 Å². The number of anilines is 1. The van der Waals surface area contributed by atoms with E-state index in [1.165, 1.54) is 13.1 Å². The number of rotatable bonds is 8. The van der Waals surface area contributed by atoms with Crippen LogP contribution in [0.15, 0.2) is 77.9 Å². The Morgan fingerprint density at radius 1 is 0.968 bits per heavy atom. The van der Waals surface area contributed by atoms with Gasteiger partial charge in [0.2, 0.25) is 5.91 Å². The van der Waals surface area contributed by atoms with E-state index in [-0.39, 0.29) is 5.91 Å². The highest BCUT2D eigenvalue weighted by Gasteiger charge is 2.13. The molecule has 2 amide bonds. The number of hydrogen-bond acceptors (Lipinski definition) is 5. The van der Waals surface area contributed by atoms with Crippen LogP contribution >= 0.6 is 0 Å². The number of para-hydroxylation sites is 1. The molecule has 2 N–H and O–H groups in total. The lowest BCUT2D eigenvalue weighted by molar-refractivity contribution is -0.114. The van der Waals surface area contributed by atoms with Crippen LogP contribution in [0.25, 0.3) is 0 Å². The van der Waals surface area contributed by atoms with Gasteiger partial charge < -0.3 is 14.8 Å². The summed E-state index contributed by atoms with van der Waals surface area (Å²) in [7, 11) is 0. The monoisotopic (exact) mass is 417 g/mol. The van der Waals surface area contributed by atoms with Crippen molar-refractivity contribution >= 4 is 23.7 Å². The molecule has 0 heterocycles. The maximum Gasteiger partial charge on any atom is 0.275 e. The van der Waals surface area contributed by atoms with Crippen LogP contribution in [0.2, 0.25) is 0 Å². The molecule has 7 heteroatoms. The van der Waals surface area contributed by atoms with Crippen molar-refractivity contribution in [2.75, 3.05) is 11.9 Å². The number of carbonyl (C=O) groups excluding carboxylic acids is 2. The zero-order chi connectivity index (χ0) is 22.1. The van der Waals surface area contributed by atoms with Gasteiger partial charge in [-0.1, -0.05) is 30.3 Å². The Hall–Kier alpha value is -4.13. The van der Waals surface area contributed by atoms with E-state index in [0.29, 0.717) is 29.4 Å². The molecule has 0 bridgehead atoms. The predicted octanol–water partition coefficient (Wildman–Crippen LogP) is 4.60. The lowest BCUT2D eigenvalue weighted by Gasteiger charge is -2.11. The third-order valence-electron chi connectivity index (χ3n) is 4.06. The number of carbonyl (C=O) groups is 2. The van der Waals surface area contributed by atoms with Gasteiger partial charge in [-0.2, -0.15) is 5.10 Å². The minimum Gasteiger partial charge on any atom is -0.493 e. The zero-order valence-electron chi connectivity index (χ0n) is 17.3. The van der Waals surface area contributed by atoms with Crippen molar-refractivity contribution in [1.29, 1.82) is 0 Å². The summed E-state index contributed by atoms with van der Waals surface area (Å²) in [6.07, 6.45) is 1.53. The quantitative estimate of drug-likeness (QED) is 0.414. The zero-order valence-corrected chi connectivity index (χ0v) is 17.3. The summed E-state index contributed by atoms with van der Waals surface area (Å²) in [5.74, 6) is 1.12. The van der Waals surface area contributed by atoms with Crippen molar-refractivity contribution in [3.8, 4) is 17.2 Å². The van der Waals surface area contributed by atoms with Crippen LogP contribution in [0.1, 0.15) is 29.8 Å². The number of nitrogens with zero attached hydrogens (tertiary/aromatic N) is 1. The fraction of sp³-hybridized carbons (Fsp3) is 0.125. The van der Waals surface area contributed by atoms with Gasteiger partial charge in [0.1, 0.15) is 17.2 Å². The molecule has 7 nitrogen and oxygen atoms in total. The molecular formula is C24H23N3O4. The van der Waals surface area contributed by atoms with E-state index >= 15 is 0 Å². The average Bonchev–Trinajstić information content (AvgIpc) is 2.75. The summed E-state index contributed by atoms with van der Waals surface area (Å²) in [5, 5.41) is 6.70. The number of hydrogen-bond donors (Lipinski definition) is 2. The van der Waals surface area contributed by atoms with E-state index in [0.717, 1.165) is 11.3 Å². The third kappa shape index (κ3) is 6.43. The number of benzene rings is 3. The van der Waals surface area contributed by atoms with Crippen LogP contribution in [0.5, 0.6) is 17.2 Å². The second kappa shape index (κ2) is 10.6. The minimum atomic E-state index is -0.425. The molecule has 0 spiro atoms. The Bertz CT molecular complexity index is 1080.